The van der Waals surface area contributed by atoms with Gasteiger partial charge in [0, 0.05) is 25.6 Å². The maximum atomic E-state index is 11.3. The summed E-state index contributed by atoms with van der Waals surface area (Å²) in [6, 6.07) is 3.05. The molecule has 6 heteroatoms. The van der Waals surface area contributed by atoms with Gasteiger partial charge in [0.2, 0.25) is 0 Å². The molecule has 84 valence electrons. The molecule has 0 spiro atoms. The first kappa shape index (κ1) is 10.8. The Morgan fingerprint density at radius 2 is 2.00 bits per heavy atom. The van der Waals surface area contributed by atoms with Crippen LogP contribution in [0.5, 0.6) is 0 Å². The first-order valence-electron chi connectivity index (χ1n) is 4.58. The summed E-state index contributed by atoms with van der Waals surface area (Å²) in [6.45, 7) is 1.42. The molecular weight excluding hydrogens is 228 g/mol. The fourth-order valence-corrected chi connectivity index (χ4v) is 1.98. The summed E-state index contributed by atoms with van der Waals surface area (Å²) < 4.78 is 24.2. The number of sulfone groups is 1. The molecule has 2 heterocycles. The summed E-state index contributed by atoms with van der Waals surface area (Å²) in [5, 5.41) is 0. The summed E-state index contributed by atoms with van der Waals surface area (Å²) in [7, 11) is -3.24. The number of ketones is 1. The SMILES string of the molecule is CC(=O)c1cn2cc(S(C)(=O)=O)ccc2n1. The van der Waals surface area contributed by atoms with Crippen LogP contribution in [0.1, 0.15) is 17.4 Å². The molecule has 0 aromatic carbocycles. The lowest BCUT2D eigenvalue weighted by Crippen LogP contribution is -1.98. The van der Waals surface area contributed by atoms with E-state index in [1.54, 1.807) is 6.07 Å². The minimum absolute atomic E-state index is 0.149. The van der Waals surface area contributed by atoms with Gasteiger partial charge in [-0.1, -0.05) is 0 Å². The first-order valence-corrected chi connectivity index (χ1v) is 6.47. The molecule has 2 aromatic heterocycles. The Labute approximate surface area is 92.7 Å². The van der Waals surface area contributed by atoms with Crippen molar-refractivity contribution >= 4 is 21.3 Å². The normalized spacial score (nSPS) is 11.9. The molecule has 0 fully saturated rings. The zero-order valence-electron chi connectivity index (χ0n) is 8.84. The molecule has 0 N–H and O–H groups in total. The third-order valence-corrected chi connectivity index (χ3v) is 3.31. The minimum atomic E-state index is -3.24. The van der Waals surface area contributed by atoms with Crippen LogP contribution in [-0.2, 0) is 9.84 Å². The zero-order chi connectivity index (χ0) is 11.9. The van der Waals surface area contributed by atoms with Gasteiger partial charge in [-0.25, -0.2) is 13.4 Å². The molecule has 0 unspecified atom stereocenters. The highest BCUT2D eigenvalue weighted by molar-refractivity contribution is 7.90. The van der Waals surface area contributed by atoms with Gasteiger partial charge in [-0.15, -0.1) is 0 Å². The highest BCUT2D eigenvalue weighted by atomic mass is 32.2. The third kappa shape index (κ3) is 1.83. The molecule has 0 aliphatic rings. The molecule has 5 nitrogen and oxygen atoms in total. The second-order valence-electron chi connectivity index (χ2n) is 3.58. The summed E-state index contributed by atoms with van der Waals surface area (Å²) in [5.41, 5.74) is 0.878. The number of aromatic nitrogens is 2. The summed E-state index contributed by atoms with van der Waals surface area (Å²) >= 11 is 0. The van der Waals surface area contributed by atoms with Crippen LogP contribution in [0.3, 0.4) is 0 Å². The maximum Gasteiger partial charge on any atom is 0.179 e. The maximum absolute atomic E-state index is 11.3. The zero-order valence-corrected chi connectivity index (χ0v) is 9.65. The monoisotopic (exact) mass is 238 g/mol. The highest BCUT2D eigenvalue weighted by Gasteiger charge is 2.10. The average molecular weight is 238 g/mol. The largest absolute Gasteiger partial charge is 0.305 e. The van der Waals surface area contributed by atoms with Crippen molar-refractivity contribution in [3.8, 4) is 0 Å². The third-order valence-electron chi connectivity index (χ3n) is 2.21. The van der Waals surface area contributed by atoms with Crippen molar-refractivity contribution in [2.45, 2.75) is 11.8 Å². The lowest BCUT2D eigenvalue weighted by Gasteiger charge is -1.98. The molecule has 0 atom stereocenters. The van der Waals surface area contributed by atoms with Gasteiger partial charge in [-0.05, 0) is 12.1 Å². The smallest absolute Gasteiger partial charge is 0.179 e. The van der Waals surface area contributed by atoms with E-state index in [9.17, 15) is 13.2 Å². The number of carbonyl (C=O) groups excluding carboxylic acids is 1. The Morgan fingerprint density at radius 3 is 2.56 bits per heavy atom. The van der Waals surface area contributed by atoms with E-state index >= 15 is 0 Å². The number of hydrogen-bond acceptors (Lipinski definition) is 4. The number of fused-ring (bicyclic) bond motifs is 1. The van der Waals surface area contributed by atoms with E-state index in [1.165, 1.54) is 29.8 Å². The standard InChI is InChI=1S/C10H10N2O3S/c1-7(13)9-6-12-5-8(16(2,14)15)3-4-10(12)11-9/h3-6H,1-2H3. The Hall–Kier alpha value is -1.69. The molecule has 0 saturated heterocycles. The van der Waals surface area contributed by atoms with Crippen molar-refractivity contribution < 1.29 is 13.2 Å². The van der Waals surface area contributed by atoms with Gasteiger partial charge in [0.1, 0.15) is 11.3 Å². The number of carbonyl (C=O) groups is 1. The van der Waals surface area contributed by atoms with Crippen LogP contribution in [0.2, 0.25) is 0 Å². The van der Waals surface area contributed by atoms with Crippen LogP contribution < -0.4 is 0 Å². The molecule has 0 saturated carbocycles. The molecule has 0 aliphatic carbocycles. The number of hydrogen-bond donors (Lipinski definition) is 0. The van der Waals surface area contributed by atoms with E-state index in [4.69, 9.17) is 0 Å². The summed E-state index contributed by atoms with van der Waals surface area (Å²) in [4.78, 5) is 15.4. The van der Waals surface area contributed by atoms with Crippen molar-refractivity contribution in [3.63, 3.8) is 0 Å². The average Bonchev–Trinajstić information content (AvgIpc) is 2.58. The number of nitrogens with zero attached hydrogens (tertiary/aromatic N) is 2. The van der Waals surface area contributed by atoms with Gasteiger partial charge in [-0.2, -0.15) is 0 Å². The van der Waals surface area contributed by atoms with Gasteiger partial charge in [0.15, 0.2) is 15.6 Å². The van der Waals surface area contributed by atoms with E-state index in [0.717, 1.165) is 6.26 Å². The van der Waals surface area contributed by atoms with E-state index in [0.29, 0.717) is 11.3 Å². The van der Waals surface area contributed by atoms with Gasteiger partial charge >= 0.3 is 0 Å². The van der Waals surface area contributed by atoms with Crippen LogP contribution in [-0.4, -0.2) is 29.8 Å². The molecule has 0 radical (unpaired) electrons. The van der Waals surface area contributed by atoms with Crippen LogP contribution in [0.25, 0.3) is 5.65 Å². The molecule has 0 aliphatic heterocycles. The second-order valence-corrected chi connectivity index (χ2v) is 5.60. The van der Waals surface area contributed by atoms with Gasteiger partial charge < -0.3 is 4.40 Å². The molecule has 2 rings (SSSR count). The number of Topliss-reactive ketones (excluding diaryl/α,β-unsaturated/α-hetero) is 1. The van der Waals surface area contributed by atoms with Crippen molar-refractivity contribution in [1.29, 1.82) is 0 Å². The van der Waals surface area contributed by atoms with Crippen molar-refractivity contribution in [2.75, 3.05) is 6.26 Å². The van der Waals surface area contributed by atoms with Crippen molar-refractivity contribution in [2.24, 2.45) is 0 Å². The van der Waals surface area contributed by atoms with E-state index in [1.807, 2.05) is 0 Å². The number of rotatable bonds is 2. The number of imidazole rings is 1. The first-order chi connectivity index (χ1) is 7.38. The quantitative estimate of drug-likeness (QED) is 0.730. The fourth-order valence-electron chi connectivity index (χ4n) is 1.36. The predicted octanol–water partition coefficient (Wildman–Crippen LogP) is 0.940. The van der Waals surface area contributed by atoms with E-state index < -0.39 is 9.84 Å². The van der Waals surface area contributed by atoms with Crippen molar-refractivity contribution in [1.82, 2.24) is 9.38 Å². The summed E-state index contributed by atoms with van der Waals surface area (Å²) in [5.74, 6) is -0.149. The lowest BCUT2D eigenvalue weighted by molar-refractivity contribution is 0.101. The molecule has 0 amide bonds. The Balaban J connectivity index is 2.67. The Morgan fingerprint density at radius 1 is 1.31 bits per heavy atom. The van der Waals surface area contributed by atoms with Gasteiger partial charge in [0.05, 0.1) is 4.90 Å². The molecule has 0 bridgehead atoms. The predicted molar refractivity (Wildman–Crippen MR) is 58.3 cm³/mol. The van der Waals surface area contributed by atoms with Crippen LogP contribution in [0, 0.1) is 0 Å². The Kier molecular flexibility index (Phi) is 2.31. The van der Waals surface area contributed by atoms with Crippen LogP contribution in [0.4, 0.5) is 0 Å². The second kappa shape index (κ2) is 3.41. The van der Waals surface area contributed by atoms with Crippen LogP contribution >= 0.6 is 0 Å². The molecular formula is C10H10N2O3S. The van der Waals surface area contributed by atoms with Crippen LogP contribution in [0.15, 0.2) is 29.4 Å². The lowest BCUT2D eigenvalue weighted by atomic mass is 10.3. The van der Waals surface area contributed by atoms with Gasteiger partial charge in [-0.3, -0.25) is 4.79 Å². The van der Waals surface area contributed by atoms with Crippen molar-refractivity contribution in [3.05, 3.63) is 30.2 Å². The van der Waals surface area contributed by atoms with Gasteiger partial charge in [0.25, 0.3) is 0 Å². The minimum Gasteiger partial charge on any atom is -0.305 e. The molecule has 2 aromatic rings. The van der Waals surface area contributed by atoms with E-state index in [-0.39, 0.29) is 10.7 Å². The van der Waals surface area contributed by atoms with E-state index in [2.05, 4.69) is 4.98 Å². The topological polar surface area (TPSA) is 68.5 Å². The highest BCUT2D eigenvalue weighted by Crippen LogP contribution is 2.12. The summed E-state index contributed by atoms with van der Waals surface area (Å²) in [6.07, 6.45) is 4.10. The Bertz CT molecular complexity index is 670. The molecule has 16 heavy (non-hydrogen) atoms. The number of pyridine rings is 1. The fraction of sp³-hybridized carbons (Fsp3) is 0.200.